The first-order valence-corrected chi connectivity index (χ1v) is 5.48. The largest absolute Gasteiger partial charge is 0.178 e. The van der Waals surface area contributed by atoms with E-state index in [0.717, 1.165) is 11.4 Å². The third-order valence-electron chi connectivity index (χ3n) is 2.09. The van der Waals surface area contributed by atoms with Gasteiger partial charge in [0.2, 0.25) is 0 Å². The number of halogens is 2. The summed E-state index contributed by atoms with van der Waals surface area (Å²) in [6, 6.07) is 19.0. The molecule has 0 amide bonds. The third kappa shape index (κ3) is 2.40. The highest BCUT2D eigenvalue weighted by Gasteiger charge is 2.11. The predicted molar refractivity (Wildman–Crippen MR) is 69.5 cm³/mol. The SMILES string of the molecule is ClN(c1ccccc1)N(Cl)c1ccccc1. The van der Waals surface area contributed by atoms with Crippen LogP contribution in [0.15, 0.2) is 60.7 Å². The van der Waals surface area contributed by atoms with E-state index in [1.165, 1.54) is 9.06 Å². The molecule has 0 radical (unpaired) electrons. The van der Waals surface area contributed by atoms with Crippen molar-refractivity contribution in [1.82, 2.24) is 0 Å². The first-order chi connectivity index (χ1) is 7.79. The van der Waals surface area contributed by atoms with Crippen LogP contribution < -0.4 is 9.06 Å². The molecule has 0 spiro atoms. The molecule has 0 saturated carbocycles. The van der Waals surface area contributed by atoms with Crippen molar-refractivity contribution in [3.63, 3.8) is 0 Å². The molecule has 0 saturated heterocycles. The van der Waals surface area contributed by atoms with Crippen LogP contribution in [-0.4, -0.2) is 0 Å². The molecular formula is C12H10Cl2N2. The quantitative estimate of drug-likeness (QED) is 0.596. The van der Waals surface area contributed by atoms with Gasteiger partial charge in [-0.05, 0) is 24.3 Å². The standard InChI is InChI=1S/C12H10Cl2N2/c13-15(11-7-3-1-4-8-11)16(14)12-9-5-2-6-10-12/h1-10H. The summed E-state index contributed by atoms with van der Waals surface area (Å²) in [6.07, 6.45) is 0. The van der Waals surface area contributed by atoms with Crippen molar-refractivity contribution in [2.75, 3.05) is 9.06 Å². The van der Waals surface area contributed by atoms with E-state index in [1.807, 2.05) is 60.7 Å². The molecule has 0 aliphatic heterocycles. The van der Waals surface area contributed by atoms with E-state index in [9.17, 15) is 0 Å². The lowest BCUT2D eigenvalue weighted by Gasteiger charge is -2.25. The van der Waals surface area contributed by atoms with E-state index in [2.05, 4.69) is 0 Å². The van der Waals surface area contributed by atoms with E-state index in [-0.39, 0.29) is 0 Å². The fourth-order valence-electron chi connectivity index (χ4n) is 1.30. The van der Waals surface area contributed by atoms with Gasteiger partial charge in [0.15, 0.2) is 0 Å². The second kappa shape index (κ2) is 5.10. The molecule has 2 rings (SSSR count). The molecule has 0 aliphatic rings. The van der Waals surface area contributed by atoms with E-state index in [0.29, 0.717) is 0 Å². The number of hydrogen-bond acceptors (Lipinski definition) is 2. The molecule has 0 unspecified atom stereocenters. The highest BCUT2D eigenvalue weighted by Crippen LogP contribution is 2.25. The molecule has 82 valence electrons. The van der Waals surface area contributed by atoms with E-state index >= 15 is 0 Å². The van der Waals surface area contributed by atoms with Crippen LogP contribution in [0.2, 0.25) is 0 Å². The Balaban J connectivity index is 2.20. The van der Waals surface area contributed by atoms with Crippen LogP contribution in [-0.2, 0) is 0 Å². The lowest BCUT2D eigenvalue weighted by Crippen LogP contribution is -2.26. The smallest absolute Gasteiger partial charge is 0.0776 e. The molecule has 16 heavy (non-hydrogen) atoms. The van der Waals surface area contributed by atoms with Crippen molar-refractivity contribution in [3.8, 4) is 0 Å². The van der Waals surface area contributed by atoms with Crippen LogP contribution in [0.3, 0.4) is 0 Å². The number of nitrogens with zero attached hydrogens (tertiary/aromatic N) is 2. The van der Waals surface area contributed by atoms with Crippen molar-refractivity contribution in [1.29, 1.82) is 0 Å². The Labute approximate surface area is 105 Å². The van der Waals surface area contributed by atoms with Gasteiger partial charge in [0.25, 0.3) is 0 Å². The molecule has 2 aromatic rings. The Kier molecular flexibility index (Phi) is 3.54. The van der Waals surface area contributed by atoms with Gasteiger partial charge >= 0.3 is 0 Å². The highest BCUT2D eigenvalue weighted by molar-refractivity contribution is 6.36. The fraction of sp³-hybridized carbons (Fsp3) is 0. The fourth-order valence-corrected chi connectivity index (χ4v) is 1.70. The molecule has 0 fully saturated rings. The van der Waals surface area contributed by atoms with E-state index in [1.54, 1.807) is 0 Å². The lowest BCUT2D eigenvalue weighted by atomic mass is 10.3. The topological polar surface area (TPSA) is 6.48 Å². The van der Waals surface area contributed by atoms with Crippen LogP contribution in [0.4, 0.5) is 11.4 Å². The average molecular weight is 253 g/mol. The van der Waals surface area contributed by atoms with Gasteiger partial charge in [-0.15, -0.1) is 0 Å². The number of hydrazine groups is 1. The lowest BCUT2D eigenvalue weighted by molar-refractivity contribution is 1.15. The van der Waals surface area contributed by atoms with Gasteiger partial charge < -0.3 is 0 Å². The van der Waals surface area contributed by atoms with Gasteiger partial charge in [0, 0.05) is 23.6 Å². The van der Waals surface area contributed by atoms with Crippen LogP contribution in [0.5, 0.6) is 0 Å². The maximum Gasteiger partial charge on any atom is 0.0776 e. The van der Waals surface area contributed by atoms with Crippen molar-refractivity contribution >= 4 is 34.9 Å². The number of anilines is 2. The predicted octanol–water partition coefficient (Wildman–Crippen LogP) is 4.22. The minimum atomic E-state index is 0.808. The molecule has 2 nitrogen and oxygen atoms in total. The minimum absolute atomic E-state index is 0.808. The maximum absolute atomic E-state index is 6.12. The van der Waals surface area contributed by atoms with Crippen molar-refractivity contribution < 1.29 is 0 Å². The van der Waals surface area contributed by atoms with Gasteiger partial charge in [0.05, 0.1) is 11.4 Å². The minimum Gasteiger partial charge on any atom is -0.178 e. The van der Waals surface area contributed by atoms with Crippen molar-refractivity contribution in [2.24, 2.45) is 0 Å². The molecular weight excluding hydrogens is 243 g/mol. The second-order valence-electron chi connectivity index (χ2n) is 3.19. The van der Waals surface area contributed by atoms with Gasteiger partial charge in [-0.25, -0.2) is 0 Å². The van der Waals surface area contributed by atoms with Gasteiger partial charge in [-0.1, -0.05) is 36.4 Å². The summed E-state index contributed by atoms with van der Waals surface area (Å²) in [6.45, 7) is 0. The Morgan fingerprint density at radius 2 is 0.875 bits per heavy atom. The Bertz CT molecular complexity index is 390. The summed E-state index contributed by atoms with van der Waals surface area (Å²) >= 11 is 12.2. The summed E-state index contributed by atoms with van der Waals surface area (Å²) in [5, 5.41) is 0. The number of benzene rings is 2. The summed E-state index contributed by atoms with van der Waals surface area (Å²) in [5.41, 5.74) is 1.62. The number of hydrogen-bond donors (Lipinski definition) is 0. The van der Waals surface area contributed by atoms with Gasteiger partial charge in [-0.2, -0.15) is 9.06 Å². The van der Waals surface area contributed by atoms with Gasteiger partial charge in [-0.3, -0.25) is 0 Å². The maximum atomic E-state index is 6.12. The van der Waals surface area contributed by atoms with Crippen LogP contribution >= 0.6 is 23.6 Å². The number of para-hydroxylation sites is 2. The molecule has 0 N–H and O–H groups in total. The highest BCUT2D eigenvalue weighted by atomic mass is 35.5. The average Bonchev–Trinajstić information content (AvgIpc) is 2.39. The van der Waals surface area contributed by atoms with Crippen LogP contribution in [0.1, 0.15) is 0 Å². The van der Waals surface area contributed by atoms with Crippen LogP contribution in [0.25, 0.3) is 0 Å². The summed E-state index contributed by atoms with van der Waals surface area (Å²) in [7, 11) is 0. The summed E-state index contributed by atoms with van der Waals surface area (Å²) in [5.74, 6) is 0. The zero-order chi connectivity index (χ0) is 11.4. The number of rotatable bonds is 3. The third-order valence-corrected chi connectivity index (χ3v) is 2.86. The van der Waals surface area contributed by atoms with Crippen molar-refractivity contribution in [2.45, 2.75) is 0 Å². The molecule has 4 heteroatoms. The van der Waals surface area contributed by atoms with E-state index in [4.69, 9.17) is 23.6 Å². The first kappa shape index (κ1) is 11.1. The van der Waals surface area contributed by atoms with E-state index < -0.39 is 0 Å². The zero-order valence-corrected chi connectivity index (χ0v) is 9.94. The first-order valence-electron chi connectivity index (χ1n) is 4.81. The Hall–Kier alpha value is -1.38. The van der Waals surface area contributed by atoms with Crippen LogP contribution in [0, 0.1) is 0 Å². The van der Waals surface area contributed by atoms with Gasteiger partial charge in [0.1, 0.15) is 0 Å². The zero-order valence-electron chi connectivity index (χ0n) is 8.42. The molecule has 0 heterocycles. The monoisotopic (exact) mass is 252 g/mol. The molecule has 0 bridgehead atoms. The Morgan fingerprint density at radius 1 is 0.562 bits per heavy atom. The summed E-state index contributed by atoms with van der Waals surface area (Å²) in [4.78, 5) is 0. The molecule has 2 aromatic carbocycles. The Morgan fingerprint density at radius 3 is 1.19 bits per heavy atom. The molecule has 0 aromatic heterocycles. The molecule has 0 atom stereocenters. The molecule has 0 aliphatic carbocycles. The normalized spacial score (nSPS) is 9.88. The summed E-state index contributed by atoms with van der Waals surface area (Å²) < 4.78 is 2.72. The van der Waals surface area contributed by atoms with Crippen molar-refractivity contribution in [3.05, 3.63) is 60.7 Å². The second-order valence-corrected chi connectivity index (χ2v) is 3.83.